The maximum atomic E-state index is 12.2. The van der Waals surface area contributed by atoms with Gasteiger partial charge in [-0.15, -0.1) is 0 Å². The first-order valence-corrected chi connectivity index (χ1v) is 7.24. The lowest BCUT2D eigenvalue weighted by Crippen LogP contribution is -2.14. The number of nitrogen functional groups attached to an aromatic ring is 1. The van der Waals surface area contributed by atoms with E-state index in [1.165, 1.54) is 6.20 Å². The summed E-state index contributed by atoms with van der Waals surface area (Å²) in [6.45, 7) is 3.87. The quantitative estimate of drug-likeness (QED) is 0.885. The minimum atomic E-state index is -0.262. The molecule has 0 bridgehead atoms. The molecule has 3 N–H and O–H groups in total. The fraction of sp³-hybridized carbons (Fsp3) is 0.200. The Balaban J connectivity index is 2.16. The molecule has 0 aliphatic carbocycles. The van der Waals surface area contributed by atoms with Crippen LogP contribution in [0.5, 0.6) is 5.75 Å². The number of carbonyl (C=O) groups is 1. The molecule has 0 saturated heterocycles. The number of pyridine rings is 1. The zero-order valence-electron chi connectivity index (χ0n) is 11.8. The van der Waals surface area contributed by atoms with Gasteiger partial charge in [-0.25, -0.2) is 4.98 Å². The normalized spacial score (nSPS) is 10.5. The Labute approximate surface area is 131 Å². The predicted molar refractivity (Wildman–Crippen MR) is 86.5 cm³/mol. The Kier molecular flexibility index (Phi) is 4.80. The van der Waals surface area contributed by atoms with Gasteiger partial charge in [0.1, 0.15) is 11.6 Å². The molecule has 1 amide bonds. The lowest BCUT2D eigenvalue weighted by Gasteiger charge is -2.11. The lowest BCUT2D eigenvalue weighted by molar-refractivity contribution is 0.102. The standard InChI is InChI=1S/C15H16BrN3O2/c1-9(2)21-12-5-3-4-10(6-12)15(20)19-14-13(16)7-11(17)8-18-14/h3-9H,17H2,1-2H3,(H,18,19,20). The second kappa shape index (κ2) is 6.58. The van der Waals surface area contributed by atoms with Crippen molar-refractivity contribution in [2.45, 2.75) is 20.0 Å². The van der Waals surface area contributed by atoms with Crippen LogP contribution in [0.15, 0.2) is 41.0 Å². The summed E-state index contributed by atoms with van der Waals surface area (Å²) in [4.78, 5) is 16.3. The summed E-state index contributed by atoms with van der Waals surface area (Å²) in [5.41, 5.74) is 6.63. The number of benzene rings is 1. The summed E-state index contributed by atoms with van der Waals surface area (Å²) in [5.74, 6) is 0.813. The van der Waals surface area contributed by atoms with Crippen LogP contribution in [-0.4, -0.2) is 17.0 Å². The third kappa shape index (κ3) is 4.19. The first-order chi connectivity index (χ1) is 9.95. The van der Waals surface area contributed by atoms with Gasteiger partial charge in [0.15, 0.2) is 0 Å². The maximum absolute atomic E-state index is 12.2. The Morgan fingerprint density at radius 3 is 2.81 bits per heavy atom. The van der Waals surface area contributed by atoms with E-state index in [-0.39, 0.29) is 12.0 Å². The molecule has 1 aromatic heterocycles. The Hall–Kier alpha value is -2.08. The fourth-order valence-electron chi connectivity index (χ4n) is 1.71. The molecule has 1 aromatic carbocycles. The number of anilines is 2. The molecule has 1 heterocycles. The minimum absolute atomic E-state index is 0.0521. The number of hydrogen-bond acceptors (Lipinski definition) is 4. The van der Waals surface area contributed by atoms with Gasteiger partial charge in [0.2, 0.25) is 0 Å². The van der Waals surface area contributed by atoms with Crippen LogP contribution < -0.4 is 15.8 Å². The SMILES string of the molecule is CC(C)Oc1cccc(C(=O)Nc2ncc(N)cc2Br)c1. The Morgan fingerprint density at radius 1 is 1.38 bits per heavy atom. The van der Waals surface area contributed by atoms with Gasteiger partial charge in [-0.2, -0.15) is 0 Å². The van der Waals surface area contributed by atoms with E-state index >= 15 is 0 Å². The second-order valence-corrected chi connectivity index (χ2v) is 5.60. The van der Waals surface area contributed by atoms with E-state index in [4.69, 9.17) is 10.5 Å². The van der Waals surface area contributed by atoms with Crippen molar-refractivity contribution in [2.24, 2.45) is 0 Å². The molecule has 0 spiro atoms. The predicted octanol–water partition coefficient (Wildman–Crippen LogP) is 3.47. The molecule has 0 aliphatic rings. The summed E-state index contributed by atoms with van der Waals surface area (Å²) in [6.07, 6.45) is 1.54. The van der Waals surface area contributed by atoms with Gasteiger partial charge in [-0.05, 0) is 54.0 Å². The van der Waals surface area contributed by atoms with Crippen LogP contribution in [0, 0.1) is 0 Å². The highest BCUT2D eigenvalue weighted by molar-refractivity contribution is 9.10. The van der Waals surface area contributed by atoms with Crippen molar-refractivity contribution in [1.82, 2.24) is 4.98 Å². The first kappa shape index (κ1) is 15.3. The van der Waals surface area contributed by atoms with Gasteiger partial charge in [0.25, 0.3) is 5.91 Å². The Morgan fingerprint density at radius 2 is 2.14 bits per heavy atom. The molecule has 0 unspecified atom stereocenters. The van der Waals surface area contributed by atoms with E-state index in [0.29, 0.717) is 27.3 Å². The molecule has 2 rings (SSSR count). The van der Waals surface area contributed by atoms with E-state index in [2.05, 4.69) is 26.2 Å². The van der Waals surface area contributed by atoms with E-state index < -0.39 is 0 Å². The number of halogens is 1. The molecule has 5 nitrogen and oxygen atoms in total. The average molecular weight is 350 g/mol. The minimum Gasteiger partial charge on any atom is -0.491 e. The van der Waals surface area contributed by atoms with Crippen molar-refractivity contribution in [2.75, 3.05) is 11.1 Å². The first-order valence-electron chi connectivity index (χ1n) is 6.45. The largest absolute Gasteiger partial charge is 0.491 e. The number of aromatic nitrogens is 1. The van der Waals surface area contributed by atoms with Crippen LogP contribution in [0.1, 0.15) is 24.2 Å². The maximum Gasteiger partial charge on any atom is 0.256 e. The third-order valence-electron chi connectivity index (χ3n) is 2.56. The van der Waals surface area contributed by atoms with E-state index in [9.17, 15) is 4.79 Å². The molecular weight excluding hydrogens is 334 g/mol. The summed E-state index contributed by atoms with van der Waals surface area (Å²) in [7, 11) is 0. The van der Waals surface area contributed by atoms with E-state index in [1.807, 2.05) is 19.9 Å². The van der Waals surface area contributed by atoms with Crippen LogP contribution in [0.3, 0.4) is 0 Å². The molecule has 21 heavy (non-hydrogen) atoms. The van der Waals surface area contributed by atoms with Gasteiger partial charge in [0, 0.05) is 5.56 Å². The number of nitrogens with zero attached hydrogens (tertiary/aromatic N) is 1. The monoisotopic (exact) mass is 349 g/mol. The van der Waals surface area contributed by atoms with Crippen LogP contribution >= 0.6 is 15.9 Å². The number of nitrogens with one attached hydrogen (secondary N) is 1. The molecule has 0 fully saturated rings. The molecule has 0 aliphatic heterocycles. The van der Waals surface area contributed by atoms with E-state index in [1.54, 1.807) is 24.3 Å². The number of hydrogen-bond donors (Lipinski definition) is 2. The van der Waals surface area contributed by atoms with Crippen LogP contribution in [0.25, 0.3) is 0 Å². The van der Waals surface area contributed by atoms with Crippen molar-refractivity contribution in [3.05, 3.63) is 46.6 Å². The zero-order valence-corrected chi connectivity index (χ0v) is 13.3. The summed E-state index contributed by atoms with van der Waals surface area (Å²) < 4.78 is 6.20. The number of ether oxygens (including phenoxy) is 1. The van der Waals surface area contributed by atoms with Crippen LogP contribution in [0.2, 0.25) is 0 Å². The molecular formula is C15H16BrN3O2. The second-order valence-electron chi connectivity index (χ2n) is 4.75. The lowest BCUT2D eigenvalue weighted by atomic mass is 10.2. The number of rotatable bonds is 4. The van der Waals surface area contributed by atoms with Crippen molar-refractivity contribution in [1.29, 1.82) is 0 Å². The van der Waals surface area contributed by atoms with E-state index in [0.717, 1.165) is 0 Å². The van der Waals surface area contributed by atoms with Crippen molar-refractivity contribution < 1.29 is 9.53 Å². The van der Waals surface area contributed by atoms with Gasteiger partial charge in [0.05, 0.1) is 22.5 Å². The molecule has 0 radical (unpaired) electrons. The molecule has 0 saturated carbocycles. The van der Waals surface area contributed by atoms with Gasteiger partial charge in [-0.3, -0.25) is 4.79 Å². The molecule has 2 aromatic rings. The fourth-order valence-corrected chi connectivity index (χ4v) is 2.17. The van der Waals surface area contributed by atoms with Crippen LogP contribution in [-0.2, 0) is 0 Å². The highest BCUT2D eigenvalue weighted by atomic mass is 79.9. The topological polar surface area (TPSA) is 77.2 Å². The number of amides is 1. The summed E-state index contributed by atoms with van der Waals surface area (Å²) in [5, 5.41) is 2.73. The summed E-state index contributed by atoms with van der Waals surface area (Å²) in [6, 6.07) is 8.68. The molecule has 110 valence electrons. The smallest absolute Gasteiger partial charge is 0.256 e. The van der Waals surface area contributed by atoms with Crippen molar-refractivity contribution in [3.63, 3.8) is 0 Å². The van der Waals surface area contributed by atoms with Crippen LogP contribution in [0.4, 0.5) is 11.5 Å². The zero-order chi connectivity index (χ0) is 15.4. The van der Waals surface area contributed by atoms with Gasteiger partial charge in [-0.1, -0.05) is 6.07 Å². The molecule has 6 heteroatoms. The summed E-state index contributed by atoms with van der Waals surface area (Å²) >= 11 is 3.31. The highest BCUT2D eigenvalue weighted by Crippen LogP contribution is 2.23. The highest BCUT2D eigenvalue weighted by Gasteiger charge is 2.11. The van der Waals surface area contributed by atoms with Gasteiger partial charge < -0.3 is 15.8 Å². The van der Waals surface area contributed by atoms with Gasteiger partial charge >= 0.3 is 0 Å². The molecule has 0 atom stereocenters. The van der Waals surface area contributed by atoms with Crippen molar-refractivity contribution >= 4 is 33.3 Å². The number of nitrogens with two attached hydrogens (primary N) is 1. The average Bonchev–Trinajstić information content (AvgIpc) is 2.41. The van der Waals surface area contributed by atoms with Crippen molar-refractivity contribution in [3.8, 4) is 5.75 Å². The third-order valence-corrected chi connectivity index (χ3v) is 3.17. The number of carbonyl (C=O) groups excluding carboxylic acids is 1. The Bertz CT molecular complexity index is 659.